The van der Waals surface area contributed by atoms with Gasteiger partial charge in [0, 0.05) is 18.0 Å². The summed E-state index contributed by atoms with van der Waals surface area (Å²) in [5.74, 6) is -0.760. The summed E-state index contributed by atoms with van der Waals surface area (Å²) >= 11 is 6.39. The molecule has 0 saturated carbocycles. The van der Waals surface area contributed by atoms with E-state index in [-0.39, 0.29) is 10.2 Å². The van der Waals surface area contributed by atoms with Crippen molar-refractivity contribution in [3.8, 4) is 0 Å². The number of carbonyl (C=O) groups excluding carboxylic acids is 2. The molecule has 0 bridgehead atoms. The molecule has 2 aromatic rings. The minimum Gasteiger partial charge on any atom is -0.267 e. The molecule has 2 amide bonds. The lowest BCUT2D eigenvalue weighted by Crippen LogP contribution is -2.44. The number of thiocarbonyl (C=S) groups is 1. The van der Waals surface area contributed by atoms with Crippen LogP contribution in [0.3, 0.4) is 0 Å². The number of carbonyl (C=O) groups is 2. The average Bonchev–Trinajstić information content (AvgIpc) is 2.90. The number of aromatic nitrogens is 1. The zero-order chi connectivity index (χ0) is 18.5. The van der Waals surface area contributed by atoms with E-state index in [2.05, 4.69) is 10.4 Å². The van der Waals surface area contributed by atoms with Gasteiger partial charge in [0.05, 0.1) is 4.91 Å². The molecule has 0 radical (unpaired) electrons. The molecule has 5 nitrogen and oxygen atoms in total. The minimum absolute atomic E-state index is 0.288. The van der Waals surface area contributed by atoms with E-state index in [0.29, 0.717) is 10.5 Å². The van der Waals surface area contributed by atoms with Gasteiger partial charge in [0.25, 0.3) is 11.8 Å². The third-order valence-electron chi connectivity index (χ3n) is 3.50. The van der Waals surface area contributed by atoms with Gasteiger partial charge < -0.3 is 0 Å². The molecule has 0 unspecified atom stereocenters. The van der Waals surface area contributed by atoms with Gasteiger partial charge in [-0.05, 0) is 48.5 Å². The molecule has 0 aliphatic carbocycles. The summed E-state index contributed by atoms with van der Waals surface area (Å²) in [5, 5.41) is 1.10. The second-order valence-electron chi connectivity index (χ2n) is 5.49. The van der Waals surface area contributed by atoms with Gasteiger partial charge in [-0.2, -0.15) is 5.01 Å². The number of nitrogens with one attached hydrogen (secondary N) is 1. The molecule has 1 N–H and O–H groups in total. The molecule has 1 aromatic heterocycles. The van der Waals surface area contributed by atoms with Crippen molar-refractivity contribution in [2.24, 2.45) is 0 Å². The molecule has 1 fully saturated rings. The van der Waals surface area contributed by atoms with E-state index in [1.54, 1.807) is 18.2 Å². The van der Waals surface area contributed by atoms with Crippen molar-refractivity contribution in [3.05, 3.63) is 82.5 Å². The molecule has 7 heteroatoms. The molecule has 1 aliphatic heterocycles. The molecule has 26 heavy (non-hydrogen) atoms. The van der Waals surface area contributed by atoms with Crippen molar-refractivity contribution in [3.63, 3.8) is 0 Å². The van der Waals surface area contributed by atoms with Crippen LogP contribution in [0.5, 0.6) is 0 Å². The average molecular weight is 381 g/mol. The lowest BCUT2D eigenvalue weighted by molar-refractivity contribution is -0.123. The fourth-order valence-electron chi connectivity index (χ4n) is 2.29. The van der Waals surface area contributed by atoms with Crippen LogP contribution in [-0.4, -0.2) is 26.1 Å². The summed E-state index contributed by atoms with van der Waals surface area (Å²) in [5.41, 5.74) is 4.90. The third-order valence-corrected chi connectivity index (χ3v) is 4.80. The lowest BCUT2D eigenvalue weighted by Gasteiger charge is -2.15. The molecule has 1 saturated heterocycles. The van der Waals surface area contributed by atoms with E-state index in [1.165, 1.54) is 12.4 Å². The number of pyridine rings is 1. The maximum absolute atomic E-state index is 12.6. The monoisotopic (exact) mass is 381 g/mol. The summed E-state index contributed by atoms with van der Waals surface area (Å²) in [4.78, 5) is 29.1. The van der Waals surface area contributed by atoms with Crippen molar-refractivity contribution < 1.29 is 9.59 Å². The Labute approximate surface area is 160 Å². The predicted molar refractivity (Wildman–Crippen MR) is 107 cm³/mol. The quantitative estimate of drug-likeness (QED) is 0.648. The summed E-state index contributed by atoms with van der Waals surface area (Å²) in [6.45, 7) is 1.91. The van der Waals surface area contributed by atoms with Crippen LogP contribution in [0.1, 0.15) is 22.8 Å². The fraction of sp³-hybridized carbons (Fsp3) is 0.0526. The maximum Gasteiger partial charge on any atom is 0.285 e. The number of nitrogens with zero attached hydrogens (tertiary/aromatic N) is 2. The highest BCUT2D eigenvalue weighted by atomic mass is 32.2. The standard InChI is InChI=1S/C19H15N3O2S2/c1-13(11-14-5-3-2-4-6-14)12-16-18(24)22(19(25)26-16)21-17(23)15-7-9-20-10-8-15/h2-12H,1H3,(H,21,23). The highest BCUT2D eigenvalue weighted by Crippen LogP contribution is 2.31. The maximum atomic E-state index is 12.6. The largest absolute Gasteiger partial charge is 0.285 e. The molecule has 130 valence electrons. The van der Waals surface area contributed by atoms with Gasteiger partial charge in [-0.1, -0.05) is 48.2 Å². The van der Waals surface area contributed by atoms with Gasteiger partial charge in [0.1, 0.15) is 0 Å². The second kappa shape index (κ2) is 8.07. The van der Waals surface area contributed by atoms with E-state index in [4.69, 9.17) is 12.2 Å². The highest BCUT2D eigenvalue weighted by Gasteiger charge is 2.33. The Morgan fingerprint density at radius 3 is 2.58 bits per heavy atom. The Balaban J connectivity index is 1.74. The normalized spacial score (nSPS) is 16.3. The van der Waals surface area contributed by atoms with E-state index in [0.717, 1.165) is 27.9 Å². The number of benzene rings is 1. The molecule has 0 atom stereocenters. The van der Waals surface area contributed by atoms with Gasteiger partial charge in [-0.15, -0.1) is 0 Å². The number of hydrazine groups is 1. The number of hydrogen-bond donors (Lipinski definition) is 1. The topological polar surface area (TPSA) is 62.3 Å². The van der Waals surface area contributed by atoms with Gasteiger partial charge in [-0.3, -0.25) is 20.0 Å². The van der Waals surface area contributed by atoms with Crippen LogP contribution in [-0.2, 0) is 4.79 Å². The van der Waals surface area contributed by atoms with Gasteiger partial charge in [-0.25, -0.2) is 0 Å². The summed E-state index contributed by atoms with van der Waals surface area (Å²) in [6, 6.07) is 12.9. The lowest BCUT2D eigenvalue weighted by atomic mass is 10.1. The van der Waals surface area contributed by atoms with Crippen LogP contribution < -0.4 is 5.43 Å². The minimum atomic E-state index is -0.415. The van der Waals surface area contributed by atoms with Crippen molar-refractivity contribution in [2.45, 2.75) is 6.92 Å². The van der Waals surface area contributed by atoms with Crippen LogP contribution in [0.25, 0.3) is 6.08 Å². The van der Waals surface area contributed by atoms with Crippen LogP contribution in [0, 0.1) is 0 Å². The first-order chi connectivity index (χ1) is 12.5. The Morgan fingerprint density at radius 1 is 1.19 bits per heavy atom. The van der Waals surface area contributed by atoms with E-state index >= 15 is 0 Å². The Hall–Kier alpha value is -2.77. The first-order valence-corrected chi connectivity index (χ1v) is 8.99. The van der Waals surface area contributed by atoms with Crippen molar-refractivity contribution in [2.75, 3.05) is 0 Å². The van der Waals surface area contributed by atoms with Crippen molar-refractivity contribution in [1.29, 1.82) is 0 Å². The Kier molecular flexibility index (Phi) is 5.60. The molecular formula is C19H15N3O2S2. The molecular weight excluding hydrogens is 366 g/mol. The number of amides is 2. The smallest absolute Gasteiger partial charge is 0.267 e. The molecule has 3 rings (SSSR count). The summed E-state index contributed by atoms with van der Waals surface area (Å²) in [6.07, 6.45) is 6.76. The van der Waals surface area contributed by atoms with Crippen LogP contribution in [0.15, 0.2) is 71.4 Å². The van der Waals surface area contributed by atoms with E-state index in [1.807, 2.05) is 43.3 Å². The zero-order valence-electron chi connectivity index (χ0n) is 13.9. The zero-order valence-corrected chi connectivity index (χ0v) is 15.5. The first kappa shape index (κ1) is 18.0. The molecule has 2 heterocycles. The first-order valence-electron chi connectivity index (χ1n) is 7.77. The number of hydrogen-bond acceptors (Lipinski definition) is 5. The van der Waals surface area contributed by atoms with Crippen molar-refractivity contribution >= 4 is 46.2 Å². The summed E-state index contributed by atoms with van der Waals surface area (Å²) < 4.78 is 0.288. The van der Waals surface area contributed by atoms with Crippen LogP contribution >= 0.6 is 24.0 Å². The van der Waals surface area contributed by atoms with E-state index in [9.17, 15) is 9.59 Å². The second-order valence-corrected chi connectivity index (χ2v) is 7.17. The number of allylic oxidation sites excluding steroid dienone is 2. The Bertz CT molecular complexity index is 909. The summed E-state index contributed by atoms with van der Waals surface area (Å²) in [7, 11) is 0. The van der Waals surface area contributed by atoms with Crippen LogP contribution in [0.4, 0.5) is 0 Å². The number of rotatable bonds is 4. The van der Waals surface area contributed by atoms with Gasteiger partial charge in [0.2, 0.25) is 0 Å². The van der Waals surface area contributed by atoms with Crippen molar-refractivity contribution in [1.82, 2.24) is 15.4 Å². The van der Waals surface area contributed by atoms with Crippen LogP contribution in [0.2, 0.25) is 0 Å². The van der Waals surface area contributed by atoms with Gasteiger partial charge in [0.15, 0.2) is 4.32 Å². The molecule has 1 aliphatic rings. The number of thioether (sulfide) groups is 1. The van der Waals surface area contributed by atoms with Gasteiger partial charge >= 0.3 is 0 Å². The molecule has 0 spiro atoms. The predicted octanol–water partition coefficient (Wildman–Crippen LogP) is 3.57. The Morgan fingerprint density at radius 2 is 1.88 bits per heavy atom. The molecule has 1 aromatic carbocycles. The highest BCUT2D eigenvalue weighted by molar-refractivity contribution is 8.26. The van der Waals surface area contributed by atoms with E-state index < -0.39 is 5.91 Å². The third kappa shape index (κ3) is 4.25. The fourth-order valence-corrected chi connectivity index (χ4v) is 3.52. The SMILES string of the molecule is CC(=Cc1ccccc1)C=C1SC(=S)N(NC(=O)c2ccncc2)C1=O.